The fourth-order valence-corrected chi connectivity index (χ4v) is 4.54. The maximum Gasteiger partial charge on any atom is 0.251 e. The molecule has 0 unspecified atom stereocenters. The van der Waals surface area contributed by atoms with Crippen LogP contribution in [-0.2, 0) is 16.1 Å². The minimum absolute atomic E-state index is 0.00528. The molecule has 4 aromatic rings. The van der Waals surface area contributed by atoms with Crippen molar-refractivity contribution in [2.75, 3.05) is 4.90 Å². The van der Waals surface area contributed by atoms with Gasteiger partial charge < -0.3 is 9.73 Å². The van der Waals surface area contributed by atoms with Crippen LogP contribution in [0.1, 0.15) is 43.0 Å². The third-order valence-electron chi connectivity index (χ3n) is 6.30. The van der Waals surface area contributed by atoms with Crippen LogP contribution in [-0.4, -0.2) is 43.0 Å². The first kappa shape index (κ1) is 24.3. The maximum atomic E-state index is 15.1. The van der Waals surface area contributed by atoms with E-state index in [1.165, 1.54) is 30.6 Å². The van der Waals surface area contributed by atoms with Crippen molar-refractivity contribution in [1.29, 1.82) is 0 Å². The third kappa shape index (κ3) is 5.40. The van der Waals surface area contributed by atoms with E-state index in [-0.39, 0.29) is 24.1 Å². The molecule has 0 saturated heterocycles. The summed E-state index contributed by atoms with van der Waals surface area (Å²) < 4.78 is 20.6. The molecule has 2 amide bonds. The second-order valence-electron chi connectivity index (χ2n) is 8.94. The number of pyridine rings is 1. The fraction of sp³-hybridized carbons (Fsp3) is 0.308. The van der Waals surface area contributed by atoms with Gasteiger partial charge in [-0.25, -0.2) is 4.39 Å². The van der Waals surface area contributed by atoms with Crippen LogP contribution in [0.15, 0.2) is 65.3 Å². The van der Waals surface area contributed by atoms with E-state index in [2.05, 4.69) is 25.7 Å². The molecule has 1 aliphatic carbocycles. The van der Waals surface area contributed by atoms with E-state index in [1.807, 2.05) is 0 Å². The summed E-state index contributed by atoms with van der Waals surface area (Å²) in [6.07, 6.45) is 6.84. The van der Waals surface area contributed by atoms with E-state index in [0.29, 0.717) is 17.1 Å². The van der Waals surface area contributed by atoms with Crippen molar-refractivity contribution in [3.63, 3.8) is 0 Å². The second-order valence-corrected chi connectivity index (χ2v) is 8.94. The number of rotatable bonds is 8. The molecule has 3 aromatic heterocycles. The predicted molar refractivity (Wildman–Crippen MR) is 132 cm³/mol. The number of tetrazole rings is 1. The molecule has 0 bridgehead atoms. The maximum absolute atomic E-state index is 15.1. The van der Waals surface area contributed by atoms with E-state index in [4.69, 9.17) is 4.42 Å². The lowest BCUT2D eigenvalue weighted by molar-refractivity contribution is -0.127. The lowest BCUT2D eigenvalue weighted by Crippen LogP contribution is -2.47. The molecule has 190 valence electrons. The van der Waals surface area contributed by atoms with Gasteiger partial charge >= 0.3 is 0 Å². The van der Waals surface area contributed by atoms with Crippen LogP contribution in [0, 0.1) is 12.7 Å². The third-order valence-corrected chi connectivity index (χ3v) is 6.30. The Hall–Kier alpha value is -4.41. The molecule has 1 atom stereocenters. The van der Waals surface area contributed by atoms with Gasteiger partial charge in [-0.1, -0.05) is 25.0 Å². The van der Waals surface area contributed by atoms with Crippen LogP contribution in [0.3, 0.4) is 0 Å². The minimum atomic E-state index is -1.14. The van der Waals surface area contributed by atoms with Gasteiger partial charge in [-0.2, -0.15) is 4.80 Å². The van der Waals surface area contributed by atoms with Crippen LogP contribution >= 0.6 is 0 Å². The summed E-state index contributed by atoms with van der Waals surface area (Å²) in [6.45, 7) is 1.42. The van der Waals surface area contributed by atoms with Gasteiger partial charge in [-0.05, 0) is 66.9 Å². The number of carbonyl (C=O) groups excluding carboxylic acids is 2. The highest BCUT2D eigenvalue weighted by molar-refractivity contribution is 6.01. The number of aryl methyl sites for hydroxylation is 1. The zero-order valence-corrected chi connectivity index (χ0v) is 20.2. The number of aromatic nitrogens is 5. The molecule has 0 aliphatic heterocycles. The number of nitrogens with one attached hydrogen (secondary N) is 1. The molecule has 0 spiro atoms. The lowest BCUT2D eigenvalue weighted by Gasteiger charge is -2.32. The first-order valence-electron chi connectivity index (χ1n) is 12.1. The SMILES string of the molecule is Cc1ccc(-c2nnn(CC(=O)N(c3ccccc3F)[C@@H](C(=O)NC3CCCC3)c3ccncc3)n2)o1. The van der Waals surface area contributed by atoms with E-state index >= 15 is 4.39 Å². The molecule has 3 heterocycles. The Labute approximate surface area is 212 Å². The molecular formula is C26H26FN7O3. The largest absolute Gasteiger partial charge is 0.458 e. The van der Waals surface area contributed by atoms with E-state index < -0.39 is 23.7 Å². The number of amides is 2. The second kappa shape index (κ2) is 10.7. The lowest BCUT2D eigenvalue weighted by atomic mass is 10.0. The average molecular weight is 504 g/mol. The number of halogens is 1. The Morgan fingerprint density at radius 3 is 2.59 bits per heavy atom. The number of hydrogen-bond donors (Lipinski definition) is 1. The Morgan fingerprint density at radius 2 is 1.89 bits per heavy atom. The number of anilines is 1. The van der Waals surface area contributed by atoms with Gasteiger partial charge in [-0.15, -0.1) is 10.2 Å². The molecule has 1 N–H and O–H groups in total. The first-order valence-corrected chi connectivity index (χ1v) is 12.1. The van der Waals surface area contributed by atoms with Crippen LogP contribution in [0.2, 0.25) is 0 Å². The molecule has 1 fully saturated rings. The monoisotopic (exact) mass is 503 g/mol. The summed E-state index contributed by atoms with van der Waals surface area (Å²) in [5.74, 6) is -0.319. The van der Waals surface area contributed by atoms with Crippen molar-refractivity contribution in [2.45, 2.75) is 51.2 Å². The number of nitrogens with zero attached hydrogens (tertiary/aromatic N) is 6. The van der Waals surface area contributed by atoms with Gasteiger partial charge in [0.25, 0.3) is 5.91 Å². The van der Waals surface area contributed by atoms with E-state index in [9.17, 15) is 9.59 Å². The van der Waals surface area contributed by atoms with Gasteiger partial charge in [-0.3, -0.25) is 19.5 Å². The minimum Gasteiger partial charge on any atom is -0.458 e. The van der Waals surface area contributed by atoms with Crippen molar-refractivity contribution in [2.24, 2.45) is 0 Å². The Kier molecular flexibility index (Phi) is 7.02. The summed E-state index contributed by atoms with van der Waals surface area (Å²) in [7, 11) is 0. The predicted octanol–water partition coefficient (Wildman–Crippen LogP) is 3.61. The zero-order chi connectivity index (χ0) is 25.8. The van der Waals surface area contributed by atoms with Gasteiger partial charge in [0, 0.05) is 18.4 Å². The topological polar surface area (TPSA) is 119 Å². The van der Waals surface area contributed by atoms with Crippen molar-refractivity contribution in [1.82, 2.24) is 30.5 Å². The highest BCUT2D eigenvalue weighted by Gasteiger charge is 2.36. The summed E-state index contributed by atoms with van der Waals surface area (Å²) >= 11 is 0. The Bertz CT molecular complexity index is 1380. The molecular weight excluding hydrogens is 477 g/mol. The van der Waals surface area contributed by atoms with Crippen LogP contribution in [0.25, 0.3) is 11.6 Å². The van der Waals surface area contributed by atoms with Crippen molar-refractivity contribution >= 4 is 17.5 Å². The average Bonchev–Trinajstić information content (AvgIpc) is 3.66. The quantitative estimate of drug-likeness (QED) is 0.390. The smallest absolute Gasteiger partial charge is 0.251 e. The van der Waals surface area contributed by atoms with Crippen LogP contribution < -0.4 is 10.2 Å². The molecule has 10 nitrogen and oxygen atoms in total. The standard InChI is InChI=1S/C26H26FN7O3/c1-17-10-11-22(37-17)25-30-32-33(31-25)16-23(35)34(21-9-5-4-8-20(21)27)24(18-12-14-28-15-13-18)26(36)29-19-6-2-3-7-19/h4-5,8-15,19,24H,2-3,6-7,16H2,1H3,(H,29,36)/t24-/m1/s1. The van der Waals surface area contributed by atoms with Gasteiger partial charge in [0.15, 0.2) is 5.76 Å². The molecule has 11 heteroatoms. The molecule has 0 radical (unpaired) electrons. The molecule has 37 heavy (non-hydrogen) atoms. The molecule has 5 rings (SSSR count). The zero-order valence-electron chi connectivity index (χ0n) is 20.2. The van der Waals surface area contributed by atoms with Crippen molar-refractivity contribution in [3.05, 3.63) is 78.1 Å². The van der Waals surface area contributed by atoms with Gasteiger partial charge in [0.05, 0.1) is 5.69 Å². The molecule has 1 saturated carbocycles. The first-order chi connectivity index (χ1) is 18.0. The molecule has 1 aromatic carbocycles. The van der Waals surface area contributed by atoms with Crippen molar-refractivity contribution in [3.8, 4) is 11.6 Å². The number of benzene rings is 1. The number of carbonyl (C=O) groups is 2. The number of hydrogen-bond acceptors (Lipinski definition) is 7. The van der Waals surface area contributed by atoms with Gasteiger partial charge in [0.2, 0.25) is 11.7 Å². The highest BCUT2D eigenvalue weighted by atomic mass is 19.1. The Morgan fingerprint density at radius 1 is 1.14 bits per heavy atom. The number of para-hydroxylation sites is 1. The normalized spacial score (nSPS) is 14.4. The summed E-state index contributed by atoms with van der Waals surface area (Å²) in [5, 5.41) is 15.2. The highest BCUT2D eigenvalue weighted by Crippen LogP contribution is 2.31. The number of furan rings is 1. The van der Waals surface area contributed by atoms with E-state index in [1.54, 1.807) is 37.3 Å². The van der Waals surface area contributed by atoms with Crippen molar-refractivity contribution < 1.29 is 18.4 Å². The summed E-state index contributed by atoms with van der Waals surface area (Å²) in [5.41, 5.74) is 0.471. The van der Waals surface area contributed by atoms with Crippen LogP contribution in [0.4, 0.5) is 10.1 Å². The fourth-order valence-electron chi connectivity index (χ4n) is 4.54. The van der Waals surface area contributed by atoms with Gasteiger partial charge in [0.1, 0.15) is 24.2 Å². The van der Waals surface area contributed by atoms with E-state index in [0.717, 1.165) is 35.4 Å². The Balaban J connectivity index is 1.50. The summed E-state index contributed by atoms with van der Waals surface area (Å²) in [4.78, 5) is 33.7. The van der Waals surface area contributed by atoms with Crippen LogP contribution in [0.5, 0.6) is 0 Å². The summed E-state index contributed by atoms with van der Waals surface area (Å²) in [6, 6.07) is 11.5. The molecule has 1 aliphatic rings.